The molecule has 1 aromatic carbocycles. The van der Waals surface area contributed by atoms with Crippen LogP contribution in [0.25, 0.3) is 10.4 Å². The maximum Gasteiger partial charge on any atom is 0.408 e. The number of nitrogens with one attached hydrogen (secondary N) is 2. The van der Waals surface area contributed by atoms with Crippen LogP contribution >= 0.6 is 11.3 Å². The Kier molecular flexibility index (Phi) is 11.0. The number of likely N-dealkylation sites (tertiary alicyclic amines) is 1. The molecule has 1 saturated heterocycles. The normalized spacial score (nSPS) is 24.3. The number of carbonyl (C=O) groups excluding carboxylic acids is 3. The van der Waals surface area contributed by atoms with Crippen LogP contribution in [0, 0.1) is 11.3 Å². The van der Waals surface area contributed by atoms with Crippen LogP contribution in [-0.2, 0) is 24.0 Å². The van der Waals surface area contributed by atoms with Crippen molar-refractivity contribution >= 4 is 41.4 Å². The maximum absolute atomic E-state index is 14.3. The van der Waals surface area contributed by atoms with Crippen molar-refractivity contribution in [2.45, 2.75) is 95.5 Å². The quantitative estimate of drug-likeness (QED) is 0.144. The summed E-state index contributed by atoms with van der Waals surface area (Å²) in [5, 5.41) is 21.8. The second-order valence-corrected chi connectivity index (χ2v) is 15.0. The number of hydrogen-bond acceptors (Lipinski definition) is 9. The Morgan fingerprint density at radius 3 is 2.57 bits per heavy atom. The third kappa shape index (κ3) is 8.26. The highest BCUT2D eigenvalue weighted by Crippen LogP contribution is 2.46. The van der Waals surface area contributed by atoms with E-state index in [1.54, 1.807) is 30.7 Å². The third-order valence-electron chi connectivity index (χ3n) is 9.53. The van der Waals surface area contributed by atoms with Crippen molar-refractivity contribution in [3.63, 3.8) is 0 Å². The van der Waals surface area contributed by atoms with E-state index in [2.05, 4.69) is 22.4 Å². The van der Waals surface area contributed by atoms with Crippen molar-refractivity contribution in [1.82, 2.24) is 15.5 Å². The van der Waals surface area contributed by atoms with E-state index in [9.17, 15) is 24.3 Å². The molecule has 5 rings (SSSR count). The first kappa shape index (κ1) is 35.9. The number of thiophene rings is 1. The number of oxime groups is 1. The topological polar surface area (TPSA) is 156 Å². The molecule has 0 radical (unpaired) electrons. The zero-order chi connectivity index (χ0) is 35.3. The van der Waals surface area contributed by atoms with Crippen LogP contribution in [0.5, 0.6) is 5.75 Å². The summed E-state index contributed by atoms with van der Waals surface area (Å²) in [5.41, 5.74) is -0.494. The van der Waals surface area contributed by atoms with Gasteiger partial charge in [-0.3, -0.25) is 9.59 Å². The maximum atomic E-state index is 14.3. The molecule has 13 heteroatoms. The van der Waals surface area contributed by atoms with Crippen molar-refractivity contribution in [1.29, 1.82) is 0 Å². The summed E-state index contributed by atoms with van der Waals surface area (Å²) in [7, 11) is 1.58. The second-order valence-electron chi connectivity index (χ2n) is 14.1. The van der Waals surface area contributed by atoms with Crippen LogP contribution in [-0.4, -0.2) is 83.6 Å². The van der Waals surface area contributed by atoms with E-state index in [0.717, 1.165) is 41.7 Å². The Hall–Kier alpha value is -4.39. The molecule has 1 aliphatic heterocycles. The van der Waals surface area contributed by atoms with Crippen molar-refractivity contribution in [3.05, 3.63) is 53.9 Å². The number of nitrogens with zero attached hydrogens (tertiary/aromatic N) is 2. The van der Waals surface area contributed by atoms with Gasteiger partial charge in [-0.2, -0.15) is 0 Å². The molecular weight excluding hydrogens is 648 g/mol. The number of rotatable bonds is 13. The Labute approximate surface area is 290 Å². The molecule has 0 unspecified atom stereocenters. The molecule has 3 amide bonds. The van der Waals surface area contributed by atoms with Gasteiger partial charge in [0.05, 0.1) is 19.9 Å². The average Bonchev–Trinajstić information content (AvgIpc) is 3.56. The number of benzene rings is 1. The highest BCUT2D eigenvalue weighted by atomic mass is 32.1. The lowest BCUT2D eigenvalue weighted by Crippen LogP contribution is -2.59. The molecular formula is C36H46N4O8S. The number of hydrogen-bond donors (Lipinski definition) is 3. The molecule has 2 saturated carbocycles. The van der Waals surface area contributed by atoms with Gasteiger partial charge in [-0.15, -0.1) is 17.9 Å². The lowest BCUT2D eigenvalue weighted by Gasteiger charge is -2.35. The molecule has 3 aliphatic rings. The fourth-order valence-corrected chi connectivity index (χ4v) is 7.45. The van der Waals surface area contributed by atoms with Gasteiger partial charge < -0.3 is 35.0 Å². The van der Waals surface area contributed by atoms with E-state index in [0.29, 0.717) is 12.2 Å². The number of carboxylic acids is 1. The third-order valence-corrected chi connectivity index (χ3v) is 10.4. The Morgan fingerprint density at radius 2 is 1.94 bits per heavy atom. The lowest BCUT2D eigenvalue weighted by molar-refractivity contribution is -0.146. The summed E-state index contributed by atoms with van der Waals surface area (Å²) in [6.07, 6.45) is 5.88. The smallest absolute Gasteiger partial charge is 0.408 e. The molecule has 0 spiro atoms. The first-order chi connectivity index (χ1) is 23.4. The van der Waals surface area contributed by atoms with E-state index in [4.69, 9.17) is 14.3 Å². The molecule has 2 heterocycles. The number of ether oxygens (including phenoxy) is 2. The van der Waals surface area contributed by atoms with Crippen molar-refractivity contribution in [2.24, 2.45) is 16.5 Å². The van der Waals surface area contributed by atoms with E-state index in [1.165, 1.54) is 4.90 Å². The molecule has 12 nitrogen and oxygen atoms in total. The highest BCUT2D eigenvalue weighted by Gasteiger charge is 2.62. The fourth-order valence-electron chi connectivity index (χ4n) is 6.68. The van der Waals surface area contributed by atoms with Gasteiger partial charge in [0.15, 0.2) is 0 Å². The molecule has 49 heavy (non-hydrogen) atoms. The molecule has 264 valence electrons. The minimum atomic E-state index is -1.44. The number of carbonyl (C=O) groups is 4. The predicted octanol–water partition coefficient (Wildman–Crippen LogP) is 5.36. The predicted molar refractivity (Wildman–Crippen MR) is 185 cm³/mol. The zero-order valence-electron chi connectivity index (χ0n) is 28.5. The summed E-state index contributed by atoms with van der Waals surface area (Å²) in [4.78, 5) is 61.7. The SMILES string of the molecule is C=CC[C@@H]1C[C@]1(NC(=O)[C@@H]1C[C@@H](O/N=C/c2cc(OC)ccc2-c2cccs2)CN1C(=O)[C@@H](NC(=O)OC1CCCC1)C(C)(C)C)C(=O)O. The van der Waals surface area contributed by atoms with E-state index in [-0.39, 0.29) is 31.4 Å². The number of amides is 3. The molecule has 1 aromatic heterocycles. The monoisotopic (exact) mass is 694 g/mol. The van der Waals surface area contributed by atoms with E-state index in [1.807, 2.05) is 56.5 Å². The van der Waals surface area contributed by atoms with Crippen LogP contribution in [0.2, 0.25) is 0 Å². The van der Waals surface area contributed by atoms with Crippen LogP contribution in [0.3, 0.4) is 0 Å². The van der Waals surface area contributed by atoms with Crippen molar-refractivity contribution < 1.29 is 38.6 Å². The number of aliphatic carboxylic acids is 1. The summed E-state index contributed by atoms with van der Waals surface area (Å²) >= 11 is 1.58. The van der Waals surface area contributed by atoms with E-state index >= 15 is 0 Å². The molecule has 2 aromatic rings. The Bertz CT molecular complexity index is 1560. The fraction of sp³-hybridized carbons (Fsp3) is 0.528. The van der Waals surface area contributed by atoms with Gasteiger partial charge in [0.25, 0.3) is 0 Å². The van der Waals surface area contributed by atoms with Gasteiger partial charge in [-0.05, 0) is 79.5 Å². The minimum Gasteiger partial charge on any atom is -0.497 e. The zero-order valence-corrected chi connectivity index (χ0v) is 29.3. The molecule has 0 bridgehead atoms. The van der Waals surface area contributed by atoms with Gasteiger partial charge >= 0.3 is 12.1 Å². The van der Waals surface area contributed by atoms with Crippen molar-refractivity contribution in [3.8, 4) is 16.2 Å². The number of alkyl carbamates (subject to hydrolysis) is 1. The van der Waals surface area contributed by atoms with E-state index < -0.39 is 53.0 Å². The summed E-state index contributed by atoms with van der Waals surface area (Å²) in [5.74, 6) is -1.90. The summed E-state index contributed by atoms with van der Waals surface area (Å²) in [6, 6.07) is 7.51. The van der Waals surface area contributed by atoms with Gasteiger partial charge in [-0.1, -0.05) is 38.1 Å². The van der Waals surface area contributed by atoms with Gasteiger partial charge in [0, 0.05) is 22.4 Å². The summed E-state index contributed by atoms with van der Waals surface area (Å²) < 4.78 is 11.0. The molecule has 3 fully saturated rings. The molecule has 5 atom stereocenters. The number of allylic oxidation sites excluding steroid dienone is 1. The van der Waals surface area contributed by atoms with Crippen LogP contribution in [0.1, 0.15) is 71.3 Å². The lowest BCUT2D eigenvalue weighted by atomic mass is 9.85. The Morgan fingerprint density at radius 1 is 1.18 bits per heavy atom. The van der Waals surface area contributed by atoms with Crippen LogP contribution < -0.4 is 15.4 Å². The number of methoxy groups -OCH3 is 1. The van der Waals surface area contributed by atoms with Crippen molar-refractivity contribution in [2.75, 3.05) is 13.7 Å². The van der Waals surface area contributed by atoms with Crippen LogP contribution in [0.15, 0.2) is 53.5 Å². The number of carboxylic acid groups (broad SMARTS) is 1. The average molecular weight is 695 g/mol. The minimum absolute atomic E-state index is 0.00770. The largest absolute Gasteiger partial charge is 0.497 e. The first-order valence-electron chi connectivity index (χ1n) is 16.7. The highest BCUT2D eigenvalue weighted by molar-refractivity contribution is 7.13. The first-order valence-corrected chi connectivity index (χ1v) is 17.6. The summed E-state index contributed by atoms with van der Waals surface area (Å²) in [6.45, 7) is 9.15. The molecule has 3 N–H and O–H groups in total. The Balaban J connectivity index is 1.37. The standard InChI is InChI=1S/C36H46N4O8S/c1-6-10-23-19-36(23,33(43)44)39-31(41)28-18-26(48-37-20-22-17-25(46-5)14-15-27(22)29-13-9-16-49-29)21-40(28)32(42)30(35(2,3)4)38-34(45)47-24-11-7-8-12-24/h6,9,13-17,20,23-24,26,28,30H,1,7-8,10-12,18-19,21H2,2-5H3,(H,38,45)(H,39,41)(H,43,44)/b37-20+/t23-,26-,28+,30-,36-/m1/s1. The van der Waals surface area contributed by atoms with Crippen LogP contribution in [0.4, 0.5) is 4.79 Å². The van der Waals surface area contributed by atoms with Gasteiger partial charge in [-0.25, -0.2) is 9.59 Å². The van der Waals surface area contributed by atoms with Gasteiger partial charge in [0.1, 0.15) is 35.6 Å². The second kappa shape index (κ2) is 15.0. The molecule has 2 aliphatic carbocycles. The van der Waals surface area contributed by atoms with Gasteiger partial charge in [0.2, 0.25) is 11.8 Å².